The number of hydrogen-bond acceptors (Lipinski definition) is 8. The highest BCUT2D eigenvalue weighted by Crippen LogP contribution is 2.37. The molecule has 0 spiro atoms. The zero-order valence-corrected chi connectivity index (χ0v) is 19.5. The fraction of sp³-hybridized carbons (Fsp3) is 0.333. The highest BCUT2D eigenvalue weighted by Gasteiger charge is 2.25. The molecule has 1 aliphatic carbocycles. The van der Waals surface area contributed by atoms with Gasteiger partial charge in [-0.05, 0) is 44.0 Å². The lowest BCUT2D eigenvalue weighted by atomic mass is 9.88. The van der Waals surface area contributed by atoms with E-state index in [-0.39, 0.29) is 10.9 Å². The number of hydrogen-bond donors (Lipinski definition) is 0. The van der Waals surface area contributed by atoms with Crippen LogP contribution in [-0.4, -0.2) is 29.9 Å². The molecule has 1 aliphatic rings. The van der Waals surface area contributed by atoms with Crippen LogP contribution in [0.15, 0.2) is 64.2 Å². The van der Waals surface area contributed by atoms with E-state index in [0.29, 0.717) is 28.4 Å². The predicted molar refractivity (Wildman–Crippen MR) is 128 cm³/mol. The van der Waals surface area contributed by atoms with Crippen molar-refractivity contribution in [1.29, 1.82) is 0 Å². The first-order valence-corrected chi connectivity index (χ1v) is 12.2. The van der Waals surface area contributed by atoms with Gasteiger partial charge >= 0.3 is 0 Å². The van der Waals surface area contributed by atoms with E-state index in [1.807, 2.05) is 41.9 Å². The molecule has 5 rings (SSSR count). The molecule has 0 radical (unpaired) electrons. The lowest BCUT2D eigenvalue weighted by Gasteiger charge is -2.21. The van der Waals surface area contributed by atoms with E-state index in [1.54, 1.807) is 12.1 Å². The Morgan fingerprint density at radius 2 is 1.79 bits per heavy atom. The van der Waals surface area contributed by atoms with Crippen LogP contribution < -0.4 is 0 Å². The lowest BCUT2D eigenvalue weighted by Crippen LogP contribution is -2.12. The topological polar surface area (TPSA) is 113 Å². The minimum Gasteiger partial charge on any atom is -0.419 e. The van der Waals surface area contributed by atoms with Gasteiger partial charge in [-0.15, -0.1) is 15.3 Å². The molecule has 174 valence electrons. The van der Waals surface area contributed by atoms with Gasteiger partial charge in [0.2, 0.25) is 16.9 Å². The maximum atomic E-state index is 10.9. The quantitative estimate of drug-likeness (QED) is 0.178. The fourth-order valence-corrected chi connectivity index (χ4v) is 4.98. The molecule has 0 bridgehead atoms. The molecule has 2 aromatic heterocycles. The number of non-ortho nitro benzene ring substituents is 1. The van der Waals surface area contributed by atoms with Gasteiger partial charge in [0, 0.05) is 23.6 Å². The van der Waals surface area contributed by atoms with Gasteiger partial charge in [0.05, 0.1) is 15.9 Å². The van der Waals surface area contributed by atoms with Crippen LogP contribution in [0.4, 0.5) is 5.69 Å². The van der Waals surface area contributed by atoms with Crippen molar-refractivity contribution < 1.29 is 9.34 Å². The number of para-hydroxylation sites is 1. The van der Waals surface area contributed by atoms with Crippen LogP contribution in [0.2, 0.25) is 0 Å². The van der Waals surface area contributed by atoms with Crippen LogP contribution in [0.25, 0.3) is 17.1 Å². The van der Waals surface area contributed by atoms with E-state index in [2.05, 4.69) is 10.2 Å². The van der Waals surface area contributed by atoms with Crippen molar-refractivity contribution in [3.05, 3.63) is 76.4 Å². The molecule has 4 aromatic rings. The number of rotatable bonds is 7. The predicted octanol–water partition coefficient (Wildman–Crippen LogP) is 6.13. The highest BCUT2D eigenvalue weighted by atomic mass is 32.2. The number of nitro benzene ring substituents is 1. The molecule has 10 heteroatoms. The van der Waals surface area contributed by atoms with Crippen LogP contribution in [0.1, 0.15) is 61.9 Å². The van der Waals surface area contributed by atoms with E-state index in [4.69, 9.17) is 14.5 Å². The minimum absolute atomic E-state index is 0.0151. The summed E-state index contributed by atoms with van der Waals surface area (Å²) in [7, 11) is 0. The molecular weight excluding hydrogens is 452 g/mol. The number of thioether (sulfide) groups is 1. The molecule has 0 unspecified atom stereocenters. The summed E-state index contributed by atoms with van der Waals surface area (Å²) < 4.78 is 7.84. The minimum atomic E-state index is -0.440. The third kappa shape index (κ3) is 4.72. The van der Waals surface area contributed by atoms with E-state index in [0.717, 1.165) is 24.4 Å². The second kappa shape index (κ2) is 9.76. The Morgan fingerprint density at radius 3 is 2.50 bits per heavy atom. The summed E-state index contributed by atoms with van der Waals surface area (Å²) in [4.78, 5) is 15.4. The molecule has 9 nitrogen and oxygen atoms in total. The van der Waals surface area contributed by atoms with Crippen LogP contribution in [-0.2, 0) is 0 Å². The Hall–Kier alpha value is -3.53. The standard InChI is InChI=1S/C24H24N6O3S/c1-16(22-26-27-23(33-22)18-12-14-20(15-13-18)30(31)32)34-24-25-21(17-8-4-2-5-9-17)29(28-24)19-10-6-3-7-11-19/h3,6-7,10-17H,2,4-5,8-9H2,1H3/t16-/m0/s1. The van der Waals surface area contributed by atoms with Crippen molar-refractivity contribution in [3.8, 4) is 17.1 Å². The lowest BCUT2D eigenvalue weighted by molar-refractivity contribution is -0.384. The van der Waals surface area contributed by atoms with Gasteiger partial charge in [0.25, 0.3) is 5.69 Å². The maximum Gasteiger partial charge on any atom is 0.269 e. The molecule has 0 saturated heterocycles. The highest BCUT2D eigenvalue weighted by molar-refractivity contribution is 7.99. The fourth-order valence-electron chi connectivity index (χ4n) is 4.19. The summed E-state index contributed by atoms with van der Waals surface area (Å²) in [6.45, 7) is 1.97. The summed E-state index contributed by atoms with van der Waals surface area (Å²) in [5.74, 6) is 2.19. The molecule has 1 fully saturated rings. The van der Waals surface area contributed by atoms with Gasteiger partial charge in [0.15, 0.2) is 0 Å². The van der Waals surface area contributed by atoms with Gasteiger partial charge < -0.3 is 4.42 Å². The zero-order valence-electron chi connectivity index (χ0n) is 18.7. The van der Waals surface area contributed by atoms with E-state index in [1.165, 1.54) is 43.2 Å². The van der Waals surface area contributed by atoms with Gasteiger partial charge in [-0.1, -0.05) is 49.2 Å². The summed E-state index contributed by atoms with van der Waals surface area (Å²) in [5.41, 5.74) is 1.65. The summed E-state index contributed by atoms with van der Waals surface area (Å²) in [6, 6.07) is 16.2. The SMILES string of the molecule is C[C@H](Sc1nc(C2CCCCC2)n(-c2ccccc2)n1)c1nnc(-c2ccc([N+](=O)[O-])cc2)o1. The Balaban J connectivity index is 1.37. The van der Waals surface area contributed by atoms with Gasteiger partial charge in [-0.2, -0.15) is 0 Å². The van der Waals surface area contributed by atoms with Crippen molar-refractivity contribution in [3.63, 3.8) is 0 Å². The molecule has 1 saturated carbocycles. The Labute approximate surface area is 200 Å². The van der Waals surface area contributed by atoms with Crippen molar-refractivity contribution >= 4 is 17.4 Å². The first-order chi connectivity index (χ1) is 16.6. The number of benzene rings is 2. The Kier molecular flexibility index (Phi) is 6.39. The molecule has 2 heterocycles. The number of nitrogens with zero attached hydrogens (tertiary/aromatic N) is 6. The smallest absolute Gasteiger partial charge is 0.269 e. The molecule has 0 amide bonds. The molecule has 0 aliphatic heterocycles. The van der Waals surface area contributed by atoms with E-state index in [9.17, 15) is 10.1 Å². The molecule has 1 atom stereocenters. The van der Waals surface area contributed by atoms with Crippen LogP contribution in [0.5, 0.6) is 0 Å². The van der Waals surface area contributed by atoms with Crippen molar-refractivity contribution in [1.82, 2.24) is 25.0 Å². The van der Waals surface area contributed by atoms with Crippen LogP contribution in [0, 0.1) is 10.1 Å². The monoisotopic (exact) mass is 476 g/mol. The van der Waals surface area contributed by atoms with E-state index >= 15 is 0 Å². The van der Waals surface area contributed by atoms with Gasteiger partial charge in [-0.3, -0.25) is 10.1 Å². The van der Waals surface area contributed by atoms with Crippen molar-refractivity contribution in [2.45, 2.75) is 55.4 Å². The second-order valence-electron chi connectivity index (χ2n) is 8.34. The molecular formula is C24H24N6O3S. The maximum absolute atomic E-state index is 10.9. The normalized spacial score (nSPS) is 15.3. The summed E-state index contributed by atoms with van der Waals surface area (Å²) in [6.07, 6.45) is 5.99. The Bertz CT molecular complexity index is 1270. The summed E-state index contributed by atoms with van der Waals surface area (Å²) >= 11 is 1.48. The average Bonchev–Trinajstić information content (AvgIpc) is 3.53. The molecule has 0 N–H and O–H groups in total. The van der Waals surface area contributed by atoms with E-state index < -0.39 is 4.92 Å². The Morgan fingerprint density at radius 1 is 1.06 bits per heavy atom. The third-order valence-electron chi connectivity index (χ3n) is 5.98. The van der Waals surface area contributed by atoms with Crippen LogP contribution >= 0.6 is 11.8 Å². The first-order valence-electron chi connectivity index (χ1n) is 11.4. The third-order valence-corrected chi connectivity index (χ3v) is 6.92. The number of nitro groups is 1. The molecule has 2 aromatic carbocycles. The first kappa shape index (κ1) is 22.3. The number of aromatic nitrogens is 5. The zero-order chi connectivity index (χ0) is 23.5. The van der Waals surface area contributed by atoms with Gasteiger partial charge in [0.1, 0.15) is 5.82 Å². The van der Waals surface area contributed by atoms with Crippen LogP contribution in [0.3, 0.4) is 0 Å². The molecule has 34 heavy (non-hydrogen) atoms. The van der Waals surface area contributed by atoms with Crippen molar-refractivity contribution in [2.24, 2.45) is 0 Å². The average molecular weight is 477 g/mol. The van der Waals surface area contributed by atoms with Gasteiger partial charge in [-0.25, -0.2) is 9.67 Å². The van der Waals surface area contributed by atoms with Crippen molar-refractivity contribution in [2.75, 3.05) is 0 Å². The summed E-state index contributed by atoms with van der Waals surface area (Å²) in [5, 5.41) is 24.5. The second-order valence-corrected chi connectivity index (χ2v) is 9.65. The largest absolute Gasteiger partial charge is 0.419 e.